The van der Waals surface area contributed by atoms with Crippen LogP contribution in [0, 0.1) is 11.6 Å². The van der Waals surface area contributed by atoms with E-state index in [1.54, 1.807) is 14.2 Å². The van der Waals surface area contributed by atoms with E-state index in [4.69, 9.17) is 9.47 Å². The predicted octanol–water partition coefficient (Wildman–Crippen LogP) is 2.29. The van der Waals surface area contributed by atoms with E-state index >= 15 is 0 Å². The number of methoxy groups -OCH3 is 1. The molecule has 1 atom stereocenters. The molecule has 0 saturated carbocycles. The van der Waals surface area contributed by atoms with E-state index < -0.39 is 17.2 Å². The first kappa shape index (κ1) is 15.4. The minimum Gasteiger partial charge on any atom is -0.381 e. The fourth-order valence-electron chi connectivity index (χ4n) is 2.89. The molecule has 112 valence electrons. The van der Waals surface area contributed by atoms with Crippen molar-refractivity contribution in [2.45, 2.75) is 30.9 Å². The average molecular weight is 285 g/mol. The fourth-order valence-corrected chi connectivity index (χ4v) is 2.89. The minimum absolute atomic E-state index is 0.106. The van der Waals surface area contributed by atoms with Crippen LogP contribution in [0.25, 0.3) is 0 Å². The molecule has 5 heteroatoms. The number of hydrogen-bond acceptors (Lipinski definition) is 3. The van der Waals surface area contributed by atoms with Gasteiger partial charge >= 0.3 is 0 Å². The second-order valence-electron chi connectivity index (χ2n) is 5.13. The van der Waals surface area contributed by atoms with E-state index in [1.165, 1.54) is 18.2 Å². The van der Waals surface area contributed by atoms with Gasteiger partial charge in [-0.05, 0) is 25.6 Å². The van der Waals surface area contributed by atoms with Crippen molar-refractivity contribution in [2.24, 2.45) is 0 Å². The normalized spacial score (nSPS) is 19.8. The molecule has 1 aliphatic rings. The van der Waals surface area contributed by atoms with Crippen LogP contribution in [0.5, 0.6) is 0 Å². The summed E-state index contributed by atoms with van der Waals surface area (Å²) in [6.45, 7) is 1.21. The molecule has 0 radical (unpaired) electrons. The lowest BCUT2D eigenvalue weighted by Crippen LogP contribution is -2.55. The van der Waals surface area contributed by atoms with Crippen LogP contribution < -0.4 is 5.32 Å². The number of ether oxygens (including phenoxy) is 2. The van der Waals surface area contributed by atoms with Gasteiger partial charge in [-0.2, -0.15) is 0 Å². The van der Waals surface area contributed by atoms with Crippen LogP contribution >= 0.6 is 0 Å². The van der Waals surface area contributed by atoms with Gasteiger partial charge in [-0.1, -0.05) is 6.07 Å². The van der Waals surface area contributed by atoms with Gasteiger partial charge in [0.25, 0.3) is 0 Å². The van der Waals surface area contributed by atoms with Crippen LogP contribution in [-0.4, -0.2) is 39.0 Å². The first-order valence-electron chi connectivity index (χ1n) is 6.86. The zero-order valence-corrected chi connectivity index (χ0v) is 11.9. The highest BCUT2D eigenvalue weighted by molar-refractivity contribution is 5.22. The van der Waals surface area contributed by atoms with Crippen molar-refractivity contribution in [3.8, 4) is 0 Å². The van der Waals surface area contributed by atoms with Gasteiger partial charge < -0.3 is 14.8 Å². The van der Waals surface area contributed by atoms with Crippen LogP contribution in [0.3, 0.4) is 0 Å². The highest BCUT2D eigenvalue weighted by Crippen LogP contribution is 2.31. The molecule has 0 bridgehead atoms. The van der Waals surface area contributed by atoms with Gasteiger partial charge in [0, 0.05) is 44.8 Å². The summed E-state index contributed by atoms with van der Waals surface area (Å²) in [5.41, 5.74) is -0.336. The summed E-state index contributed by atoms with van der Waals surface area (Å²) < 4.78 is 38.7. The Labute approximate surface area is 118 Å². The topological polar surface area (TPSA) is 30.5 Å². The lowest BCUT2D eigenvalue weighted by Gasteiger charge is -2.42. The molecule has 0 aromatic heterocycles. The molecule has 0 aliphatic carbocycles. The van der Waals surface area contributed by atoms with Crippen molar-refractivity contribution in [2.75, 3.05) is 27.4 Å². The standard InChI is InChI=1S/C15H21F2NO2/c1-18-14(15(19-2)6-8-20-9-7-15)10-11-12(16)4-3-5-13(11)17/h3-5,14,18H,6-10H2,1-2H3. The summed E-state index contributed by atoms with van der Waals surface area (Å²) in [5, 5.41) is 3.15. The summed E-state index contributed by atoms with van der Waals surface area (Å²) in [7, 11) is 3.44. The first-order valence-corrected chi connectivity index (χ1v) is 6.86. The maximum absolute atomic E-state index is 13.8. The maximum atomic E-state index is 13.8. The number of rotatable bonds is 5. The Morgan fingerprint density at radius 3 is 2.40 bits per heavy atom. The Bertz CT molecular complexity index is 427. The Morgan fingerprint density at radius 1 is 1.30 bits per heavy atom. The van der Waals surface area contributed by atoms with Crippen LogP contribution in [0.2, 0.25) is 0 Å². The van der Waals surface area contributed by atoms with Crippen LogP contribution in [-0.2, 0) is 15.9 Å². The molecule has 0 spiro atoms. The fraction of sp³-hybridized carbons (Fsp3) is 0.600. The van der Waals surface area contributed by atoms with Crippen LogP contribution in [0.4, 0.5) is 8.78 Å². The molecule has 1 heterocycles. The third kappa shape index (κ3) is 3.00. The van der Waals surface area contributed by atoms with E-state index in [2.05, 4.69) is 5.32 Å². The molecule has 1 unspecified atom stereocenters. The van der Waals surface area contributed by atoms with Gasteiger partial charge in [0.05, 0.1) is 5.60 Å². The van der Waals surface area contributed by atoms with Crippen molar-refractivity contribution < 1.29 is 18.3 Å². The Hall–Kier alpha value is -1.04. The monoisotopic (exact) mass is 285 g/mol. The largest absolute Gasteiger partial charge is 0.381 e. The molecule has 1 aromatic carbocycles. The number of hydrogen-bond donors (Lipinski definition) is 1. The van der Waals surface area contributed by atoms with Gasteiger partial charge in [0.2, 0.25) is 0 Å². The Kier molecular flexibility index (Phi) is 5.07. The minimum atomic E-state index is -0.511. The highest BCUT2D eigenvalue weighted by atomic mass is 19.1. The molecule has 1 saturated heterocycles. The summed E-state index contributed by atoms with van der Waals surface area (Å²) >= 11 is 0. The van der Waals surface area contributed by atoms with E-state index in [0.29, 0.717) is 26.1 Å². The quantitative estimate of drug-likeness (QED) is 0.900. The van der Waals surface area contributed by atoms with Crippen molar-refractivity contribution in [3.63, 3.8) is 0 Å². The van der Waals surface area contributed by atoms with Crippen molar-refractivity contribution in [1.29, 1.82) is 0 Å². The van der Waals surface area contributed by atoms with Crippen molar-refractivity contribution in [3.05, 3.63) is 35.4 Å². The Balaban J connectivity index is 2.23. The summed E-state index contributed by atoms with van der Waals surface area (Å²) in [6.07, 6.45) is 1.68. The van der Waals surface area contributed by atoms with Crippen molar-refractivity contribution in [1.82, 2.24) is 5.32 Å². The van der Waals surface area contributed by atoms with E-state index in [1.807, 2.05) is 0 Å². The molecular formula is C15H21F2NO2. The second-order valence-corrected chi connectivity index (χ2v) is 5.13. The lowest BCUT2D eigenvalue weighted by atomic mass is 9.82. The molecule has 2 rings (SSSR count). The van der Waals surface area contributed by atoms with Gasteiger partial charge in [-0.3, -0.25) is 0 Å². The molecule has 3 nitrogen and oxygen atoms in total. The number of likely N-dealkylation sites (N-methyl/N-ethyl adjacent to an activating group) is 1. The van der Waals surface area contributed by atoms with Gasteiger partial charge in [-0.25, -0.2) is 8.78 Å². The van der Waals surface area contributed by atoms with Gasteiger partial charge in [0.15, 0.2) is 0 Å². The maximum Gasteiger partial charge on any atom is 0.129 e. The zero-order chi connectivity index (χ0) is 14.6. The number of benzene rings is 1. The average Bonchev–Trinajstić information content (AvgIpc) is 2.48. The zero-order valence-electron chi connectivity index (χ0n) is 11.9. The molecule has 1 aliphatic heterocycles. The number of nitrogens with one attached hydrogen (secondary N) is 1. The van der Waals surface area contributed by atoms with Gasteiger partial charge in [0.1, 0.15) is 11.6 Å². The summed E-state index contributed by atoms with van der Waals surface area (Å²) in [5.74, 6) is -1.02. The summed E-state index contributed by atoms with van der Waals surface area (Å²) in [4.78, 5) is 0. The lowest BCUT2D eigenvalue weighted by molar-refractivity contribution is -0.109. The summed E-state index contributed by atoms with van der Waals surface area (Å²) in [6, 6.07) is 3.79. The number of halogens is 2. The molecule has 1 N–H and O–H groups in total. The van der Waals surface area contributed by atoms with E-state index in [9.17, 15) is 8.78 Å². The predicted molar refractivity (Wildman–Crippen MR) is 72.7 cm³/mol. The van der Waals surface area contributed by atoms with Crippen LogP contribution in [0.15, 0.2) is 18.2 Å². The molecule has 1 fully saturated rings. The smallest absolute Gasteiger partial charge is 0.129 e. The third-order valence-electron chi connectivity index (χ3n) is 4.20. The molecule has 20 heavy (non-hydrogen) atoms. The molecule has 0 amide bonds. The second kappa shape index (κ2) is 6.61. The first-order chi connectivity index (χ1) is 9.63. The SMILES string of the molecule is CNC(Cc1c(F)cccc1F)C1(OC)CCOCC1. The van der Waals surface area contributed by atoms with Gasteiger partial charge in [-0.15, -0.1) is 0 Å². The highest BCUT2D eigenvalue weighted by Gasteiger charge is 2.40. The third-order valence-corrected chi connectivity index (χ3v) is 4.20. The van der Waals surface area contributed by atoms with Crippen LogP contribution in [0.1, 0.15) is 18.4 Å². The van der Waals surface area contributed by atoms with E-state index in [0.717, 1.165) is 0 Å². The molecular weight excluding hydrogens is 264 g/mol. The van der Waals surface area contributed by atoms with E-state index in [-0.39, 0.29) is 18.0 Å². The Morgan fingerprint density at radius 2 is 1.90 bits per heavy atom. The van der Waals surface area contributed by atoms with Crippen molar-refractivity contribution >= 4 is 0 Å². The molecule has 1 aromatic rings.